The average Bonchev–Trinajstić information content (AvgIpc) is 2.37. The van der Waals surface area contributed by atoms with E-state index in [9.17, 15) is 4.79 Å². The van der Waals surface area contributed by atoms with Crippen LogP contribution in [0.5, 0.6) is 0 Å². The molecule has 0 unspecified atom stereocenters. The number of quaternary nitrogens is 1. The molecule has 0 fully saturated rings. The number of benzene rings is 1. The van der Waals surface area contributed by atoms with E-state index in [1.807, 2.05) is 38.2 Å². The van der Waals surface area contributed by atoms with Gasteiger partial charge in [-0.1, -0.05) is 12.1 Å². The molecular formula is C13H18N3O+. The standard InChI is InChI=1S/C13H17N3O/c1-4-16-12(9(2)14-3)15-11-8-6-5-7-10(11)13(16)17/h5-9,14H,4H2,1-3H3/p+1/t9-/m1/s1. The molecule has 1 heterocycles. The molecule has 0 spiro atoms. The van der Waals surface area contributed by atoms with E-state index in [-0.39, 0.29) is 11.6 Å². The van der Waals surface area contributed by atoms with Gasteiger partial charge in [-0.2, -0.15) is 0 Å². The lowest BCUT2D eigenvalue weighted by Gasteiger charge is -2.14. The van der Waals surface area contributed by atoms with Crippen molar-refractivity contribution in [2.24, 2.45) is 0 Å². The molecule has 17 heavy (non-hydrogen) atoms. The number of rotatable bonds is 3. The highest BCUT2D eigenvalue weighted by molar-refractivity contribution is 5.77. The lowest BCUT2D eigenvalue weighted by molar-refractivity contribution is -0.668. The van der Waals surface area contributed by atoms with Crippen LogP contribution in [0.15, 0.2) is 29.1 Å². The Morgan fingerprint density at radius 1 is 1.41 bits per heavy atom. The fourth-order valence-corrected chi connectivity index (χ4v) is 1.99. The van der Waals surface area contributed by atoms with Crippen LogP contribution in [0.3, 0.4) is 0 Å². The Balaban J connectivity index is 2.80. The quantitative estimate of drug-likeness (QED) is 0.845. The van der Waals surface area contributed by atoms with Gasteiger partial charge in [0.15, 0.2) is 5.82 Å². The Labute approximate surface area is 100 Å². The van der Waals surface area contributed by atoms with Gasteiger partial charge in [0, 0.05) is 6.54 Å². The molecule has 0 aliphatic heterocycles. The summed E-state index contributed by atoms with van der Waals surface area (Å²) in [6.07, 6.45) is 0. The third kappa shape index (κ3) is 1.96. The minimum absolute atomic E-state index is 0.0572. The highest BCUT2D eigenvalue weighted by Crippen LogP contribution is 2.11. The maximum absolute atomic E-state index is 12.3. The first-order chi connectivity index (χ1) is 8.19. The van der Waals surface area contributed by atoms with E-state index >= 15 is 0 Å². The van der Waals surface area contributed by atoms with Crippen molar-refractivity contribution in [1.29, 1.82) is 0 Å². The molecule has 1 atom stereocenters. The maximum atomic E-state index is 12.3. The van der Waals surface area contributed by atoms with E-state index in [0.717, 1.165) is 11.3 Å². The molecule has 0 aliphatic rings. The number of hydrogen-bond donors (Lipinski definition) is 1. The van der Waals surface area contributed by atoms with Crippen LogP contribution in [0.25, 0.3) is 10.9 Å². The van der Waals surface area contributed by atoms with Gasteiger partial charge in [0.05, 0.1) is 18.0 Å². The van der Waals surface area contributed by atoms with Crippen molar-refractivity contribution in [1.82, 2.24) is 9.55 Å². The molecule has 1 aromatic carbocycles. The Hall–Kier alpha value is -1.68. The molecule has 2 rings (SSSR count). The van der Waals surface area contributed by atoms with Gasteiger partial charge < -0.3 is 5.32 Å². The van der Waals surface area contributed by atoms with E-state index in [1.165, 1.54) is 0 Å². The van der Waals surface area contributed by atoms with Crippen LogP contribution in [0.2, 0.25) is 0 Å². The number of hydrogen-bond acceptors (Lipinski definition) is 2. The third-order valence-electron chi connectivity index (χ3n) is 3.11. The summed E-state index contributed by atoms with van der Waals surface area (Å²) in [7, 11) is 1.99. The first-order valence-electron chi connectivity index (χ1n) is 5.98. The maximum Gasteiger partial charge on any atom is 0.261 e. The minimum Gasteiger partial charge on any atom is -0.340 e. The molecule has 0 bridgehead atoms. The minimum atomic E-state index is 0.0572. The van der Waals surface area contributed by atoms with Gasteiger partial charge in [-0.05, 0) is 26.0 Å². The summed E-state index contributed by atoms with van der Waals surface area (Å²) < 4.78 is 1.76. The van der Waals surface area contributed by atoms with Crippen molar-refractivity contribution in [3.8, 4) is 0 Å². The van der Waals surface area contributed by atoms with Crippen molar-refractivity contribution in [3.05, 3.63) is 40.4 Å². The highest BCUT2D eigenvalue weighted by Gasteiger charge is 2.16. The summed E-state index contributed by atoms with van der Waals surface area (Å²) in [5.41, 5.74) is 0.840. The molecule has 4 nitrogen and oxygen atoms in total. The first-order valence-corrected chi connectivity index (χ1v) is 5.98. The monoisotopic (exact) mass is 232 g/mol. The average molecular weight is 232 g/mol. The van der Waals surface area contributed by atoms with Crippen LogP contribution in [-0.4, -0.2) is 16.6 Å². The van der Waals surface area contributed by atoms with Gasteiger partial charge in [-0.25, -0.2) is 4.98 Å². The molecule has 90 valence electrons. The Morgan fingerprint density at radius 2 is 2.12 bits per heavy atom. The van der Waals surface area contributed by atoms with Gasteiger partial charge >= 0.3 is 0 Å². The highest BCUT2D eigenvalue weighted by atomic mass is 16.1. The number of para-hydroxylation sites is 1. The number of nitrogens with two attached hydrogens (primary N) is 1. The predicted molar refractivity (Wildman–Crippen MR) is 67.9 cm³/mol. The molecule has 0 saturated carbocycles. The number of nitrogens with zero attached hydrogens (tertiary/aromatic N) is 2. The normalized spacial score (nSPS) is 12.9. The van der Waals surface area contributed by atoms with Gasteiger partial charge in [0.2, 0.25) is 0 Å². The predicted octanol–water partition coefficient (Wildman–Crippen LogP) is 0.671. The van der Waals surface area contributed by atoms with Gasteiger partial charge in [-0.15, -0.1) is 0 Å². The zero-order valence-corrected chi connectivity index (χ0v) is 10.5. The summed E-state index contributed by atoms with van der Waals surface area (Å²) in [6.45, 7) is 4.69. The van der Waals surface area contributed by atoms with Crippen molar-refractivity contribution in [3.63, 3.8) is 0 Å². The second-order valence-electron chi connectivity index (χ2n) is 4.16. The molecule has 0 saturated heterocycles. The van der Waals surface area contributed by atoms with Crippen LogP contribution in [-0.2, 0) is 6.54 Å². The SMILES string of the molecule is CCn1c([C@@H](C)[NH2+]C)nc2ccccc2c1=O. The Morgan fingerprint density at radius 3 is 2.76 bits per heavy atom. The summed E-state index contributed by atoms with van der Waals surface area (Å²) in [6, 6.07) is 7.70. The molecule has 2 N–H and O–H groups in total. The van der Waals surface area contributed by atoms with Crippen LogP contribution in [0.1, 0.15) is 25.7 Å². The molecular weight excluding hydrogens is 214 g/mol. The Bertz CT molecular complexity index is 589. The van der Waals surface area contributed by atoms with E-state index < -0.39 is 0 Å². The van der Waals surface area contributed by atoms with Crippen LogP contribution in [0.4, 0.5) is 0 Å². The zero-order chi connectivity index (χ0) is 12.4. The van der Waals surface area contributed by atoms with Gasteiger partial charge in [0.1, 0.15) is 6.04 Å². The van der Waals surface area contributed by atoms with E-state index in [0.29, 0.717) is 11.9 Å². The van der Waals surface area contributed by atoms with Crippen molar-refractivity contribution >= 4 is 10.9 Å². The van der Waals surface area contributed by atoms with Crippen molar-refractivity contribution < 1.29 is 5.32 Å². The smallest absolute Gasteiger partial charge is 0.261 e. The molecule has 4 heteroatoms. The zero-order valence-electron chi connectivity index (χ0n) is 10.5. The third-order valence-corrected chi connectivity index (χ3v) is 3.11. The van der Waals surface area contributed by atoms with E-state index in [4.69, 9.17) is 0 Å². The van der Waals surface area contributed by atoms with Crippen LogP contribution in [0, 0.1) is 0 Å². The van der Waals surface area contributed by atoms with Gasteiger partial charge in [-0.3, -0.25) is 9.36 Å². The lowest BCUT2D eigenvalue weighted by Crippen LogP contribution is -2.80. The summed E-state index contributed by atoms with van der Waals surface area (Å²) in [4.78, 5) is 16.9. The summed E-state index contributed by atoms with van der Waals surface area (Å²) in [5.74, 6) is 0.846. The first kappa shape index (κ1) is 11.8. The second kappa shape index (κ2) is 4.67. The topological polar surface area (TPSA) is 51.5 Å². The van der Waals surface area contributed by atoms with E-state index in [2.05, 4.69) is 17.2 Å². The lowest BCUT2D eigenvalue weighted by atomic mass is 10.2. The molecule has 2 aromatic rings. The van der Waals surface area contributed by atoms with Crippen LogP contribution >= 0.6 is 0 Å². The summed E-state index contributed by atoms with van der Waals surface area (Å²) in [5, 5.41) is 2.75. The number of aromatic nitrogens is 2. The molecule has 0 amide bonds. The fourth-order valence-electron chi connectivity index (χ4n) is 1.99. The summed E-state index contributed by atoms with van der Waals surface area (Å²) >= 11 is 0. The largest absolute Gasteiger partial charge is 0.340 e. The van der Waals surface area contributed by atoms with Crippen molar-refractivity contribution in [2.75, 3.05) is 7.05 Å². The Kier molecular flexibility index (Phi) is 3.24. The van der Waals surface area contributed by atoms with E-state index in [1.54, 1.807) is 4.57 Å². The molecule has 0 aliphatic carbocycles. The van der Waals surface area contributed by atoms with Gasteiger partial charge in [0.25, 0.3) is 5.56 Å². The fraction of sp³-hybridized carbons (Fsp3) is 0.385. The van der Waals surface area contributed by atoms with Crippen molar-refractivity contribution in [2.45, 2.75) is 26.4 Å². The molecule has 1 aromatic heterocycles. The van der Waals surface area contributed by atoms with Crippen LogP contribution < -0.4 is 10.9 Å². The second-order valence-corrected chi connectivity index (χ2v) is 4.16. The molecule has 0 radical (unpaired) electrons. The number of fused-ring (bicyclic) bond motifs is 1.